The zero-order valence-electron chi connectivity index (χ0n) is 15.7. The smallest absolute Gasteiger partial charge is 0.352 e. The van der Waals surface area contributed by atoms with Gasteiger partial charge < -0.3 is 10.2 Å². The van der Waals surface area contributed by atoms with Crippen LogP contribution in [0.2, 0.25) is 0 Å². The van der Waals surface area contributed by atoms with Gasteiger partial charge in [-0.3, -0.25) is 9.59 Å². The first kappa shape index (κ1) is 20.6. The van der Waals surface area contributed by atoms with Crippen LogP contribution < -0.4 is 10.2 Å². The highest BCUT2D eigenvalue weighted by atomic mass is 19.4. The summed E-state index contributed by atoms with van der Waals surface area (Å²) in [4.78, 5) is 25.4. The third-order valence-corrected chi connectivity index (χ3v) is 4.70. The third kappa shape index (κ3) is 5.70. The summed E-state index contributed by atoms with van der Waals surface area (Å²) in [5, 5.41) is 2.71. The second kappa shape index (κ2) is 8.94. The van der Waals surface area contributed by atoms with Crippen LogP contribution in [0.25, 0.3) is 6.08 Å². The van der Waals surface area contributed by atoms with Gasteiger partial charge >= 0.3 is 6.18 Å². The van der Waals surface area contributed by atoms with Gasteiger partial charge in [0.1, 0.15) is 0 Å². The zero-order chi connectivity index (χ0) is 20.9. The van der Waals surface area contributed by atoms with Crippen molar-refractivity contribution in [2.75, 3.05) is 18.0 Å². The molecular weight excluding hydrogens is 381 g/mol. The van der Waals surface area contributed by atoms with E-state index >= 15 is 0 Å². The molecule has 1 N–H and O–H groups in total. The van der Waals surface area contributed by atoms with Crippen LogP contribution in [0.1, 0.15) is 29.5 Å². The summed E-state index contributed by atoms with van der Waals surface area (Å²) in [5.74, 6) is -0.156. The first-order valence-corrected chi connectivity index (χ1v) is 9.35. The number of anilines is 1. The van der Waals surface area contributed by atoms with Crippen molar-refractivity contribution in [3.05, 3.63) is 71.3 Å². The van der Waals surface area contributed by atoms with Crippen molar-refractivity contribution < 1.29 is 22.8 Å². The molecule has 1 heterocycles. The lowest BCUT2D eigenvalue weighted by Crippen LogP contribution is -2.23. The van der Waals surface area contributed by atoms with Crippen LogP contribution in [-0.2, 0) is 22.2 Å². The number of carbonyl (C=O) groups excluding carboxylic acids is 2. The standard InChI is InChI=1S/C22H21F3N2O2/c23-22(24,25)18-8-3-17(4-9-18)13-14-26-20(28)12-7-16-5-10-19(11-6-16)27-15-1-2-21(27)29/h3-12H,1-2,13-15H2,(H,26,28)/b12-7+. The van der Waals surface area contributed by atoms with Gasteiger partial charge in [-0.1, -0.05) is 24.3 Å². The van der Waals surface area contributed by atoms with Crippen LogP contribution in [0.3, 0.4) is 0 Å². The molecule has 2 amide bonds. The molecule has 0 aliphatic carbocycles. The van der Waals surface area contributed by atoms with Gasteiger partial charge in [0.25, 0.3) is 0 Å². The minimum Gasteiger partial charge on any atom is -0.352 e. The van der Waals surface area contributed by atoms with E-state index < -0.39 is 11.7 Å². The van der Waals surface area contributed by atoms with Gasteiger partial charge in [-0.2, -0.15) is 13.2 Å². The average molecular weight is 402 g/mol. The first-order chi connectivity index (χ1) is 13.8. The maximum atomic E-state index is 12.5. The van der Waals surface area contributed by atoms with Crippen molar-refractivity contribution >= 4 is 23.6 Å². The number of hydrogen-bond donors (Lipinski definition) is 1. The van der Waals surface area contributed by atoms with E-state index in [0.717, 1.165) is 36.3 Å². The van der Waals surface area contributed by atoms with Gasteiger partial charge in [0.05, 0.1) is 5.56 Å². The number of halogens is 3. The second-order valence-electron chi connectivity index (χ2n) is 6.81. The molecule has 152 valence electrons. The minimum absolute atomic E-state index is 0.126. The van der Waals surface area contributed by atoms with Crippen LogP contribution in [0.5, 0.6) is 0 Å². The van der Waals surface area contributed by atoms with Crippen LogP contribution in [0, 0.1) is 0 Å². The Morgan fingerprint density at radius 1 is 1.07 bits per heavy atom. The Labute approximate surface area is 167 Å². The number of hydrogen-bond acceptors (Lipinski definition) is 2. The molecule has 1 saturated heterocycles. The minimum atomic E-state index is -4.35. The van der Waals surface area contributed by atoms with E-state index in [1.165, 1.54) is 18.2 Å². The molecule has 0 aromatic heterocycles. The molecule has 3 rings (SSSR count). The maximum Gasteiger partial charge on any atom is 0.416 e. The largest absolute Gasteiger partial charge is 0.416 e. The van der Waals surface area contributed by atoms with Crippen LogP contribution in [0.15, 0.2) is 54.6 Å². The number of nitrogens with one attached hydrogen (secondary N) is 1. The van der Waals surface area contributed by atoms with Gasteiger partial charge in [0.15, 0.2) is 0 Å². The van der Waals surface area contributed by atoms with E-state index in [4.69, 9.17) is 0 Å². The second-order valence-corrected chi connectivity index (χ2v) is 6.81. The maximum absolute atomic E-state index is 12.5. The normalized spacial score (nSPS) is 14.6. The Morgan fingerprint density at radius 2 is 1.76 bits per heavy atom. The molecule has 0 unspecified atom stereocenters. The van der Waals surface area contributed by atoms with Crippen molar-refractivity contribution in [2.45, 2.75) is 25.4 Å². The van der Waals surface area contributed by atoms with Gasteiger partial charge in [-0.05, 0) is 54.3 Å². The van der Waals surface area contributed by atoms with Crippen molar-refractivity contribution in [1.82, 2.24) is 5.32 Å². The molecule has 1 aliphatic rings. The summed E-state index contributed by atoms with van der Waals surface area (Å²) in [7, 11) is 0. The van der Waals surface area contributed by atoms with E-state index in [2.05, 4.69) is 5.32 Å². The lowest BCUT2D eigenvalue weighted by molar-refractivity contribution is -0.137. The highest BCUT2D eigenvalue weighted by molar-refractivity contribution is 5.95. The molecule has 29 heavy (non-hydrogen) atoms. The topological polar surface area (TPSA) is 49.4 Å². The highest BCUT2D eigenvalue weighted by Crippen LogP contribution is 2.29. The van der Waals surface area contributed by atoms with E-state index in [0.29, 0.717) is 24.9 Å². The summed E-state index contributed by atoms with van der Waals surface area (Å²) in [6, 6.07) is 12.3. The van der Waals surface area contributed by atoms with Crippen LogP contribution in [-0.4, -0.2) is 24.9 Å². The van der Waals surface area contributed by atoms with Crippen LogP contribution in [0.4, 0.5) is 18.9 Å². The van der Waals surface area contributed by atoms with E-state index in [1.807, 2.05) is 24.3 Å². The van der Waals surface area contributed by atoms with Crippen molar-refractivity contribution in [3.8, 4) is 0 Å². The lowest BCUT2D eigenvalue weighted by Gasteiger charge is -2.15. The third-order valence-electron chi connectivity index (χ3n) is 4.70. The summed E-state index contributed by atoms with van der Waals surface area (Å²) < 4.78 is 37.6. The van der Waals surface area contributed by atoms with Gasteiger partial charge in [0.2, 0.25) is 11.8 Å². The Morgan fingerprint density at radius 3 is 2.34 bits per heavy atom. The SMILES string of the molecule is O=C(/C=C/c1ccc(N2CCCC2=O)cc1)NCCc1ccc(C(F)(F)F)cc1. The zero-order valence-corrected chi connectivity index (χ0v) is 15.7. The monoisotopic (exact) mass is 402 g/mol. The Kier molecular flexibility index (Phi) is 6.36. The predicted octanol–water partition coefficient (Wildman–Crippen LogP) is 4.20. The van der Waals surface area contributed by atoms with E-state index in [1.54, 1.807) is 11.0 Å². The summed E-state index contributed by atoms with van der Waals surface area (Å²) in [6.07, 6.45) is 0.614. The molecule has 2 aromatic carbocycles. The fourth-order valence-electron chi connectivity index (χ4n) is 3.11. The molecule has 4 nitrogen and oxygen atoms in total. The van der Waals surface area contributed by atoms with Crippen molar-refractivity contribution in [1.29, 1.82) is 0 Å². The number of carbonyl (C=O) groups is 2. The number of rotatable bonds is 6. The van der Waals surface area contributed by atoms with Gasteiger partial charge in [-0.15, -0.1) is 0 Å². The van der Waals surface area contributed by atoms with Crippen molar-refractivity contribution in [2.24, 2.45) is 0 Å². The molecule has 1 fully saturated rings. The number of benzene rings is 2. The van der Waals surface area contributed by atoms with Crippen LogP contribution >= 0.6 is 0 Å². The average Bonchev–Trinajstić information content (AvgIpc) is 3.12. The molecule has 7 heteroatoms. The molecule has 0 saturated carbocycles. The highest BCUT2D eigenvalue weighted by Gasteiger charge is 2.29. The fraction of sp³-hybridized carbons (Fsp3) is 0.273. The summed E-state index contributed by atoms with van der Waals surface area (Å²) in [6.45, 7) is 1.06. The Hall–Kier alpha value is -3.09. The lowest BCUT2D eigenvalue weighted by atomic mass is 10.1. The molecule has 0 spiro atoms. The summed E-state index contributed by atoms with van der Waals surface area (Å²) >= 11 is 0. The molecular formula is C22H21F3N2O2. The quantitative estimate of drug-likeness (QED) is 0.736. The molecule has 0 bridgehead atoms. The molecule has 0 radical (unpaired) electrons. The van der Waals surface area contributed by atoms with Crippen molar-refractivity contribution in [3.63, 3.8) is 0 Å². The number of nitrogens with zero attached hydrogens (tertiary/aromatic N) is 1. The number of alkyl halides is 3. The predicted molar refractivity (Wildman–Crippen MR) is 105 cm³/mol. The first-order valence-electron chi connectivity index (χ1n) is 9.35. The molecule has 0 atom stereocenters. The Balaban J connectivity index is 1.45. The van der Waals surface area contributed by atoms with Gasteiger partial charge in [0, 0.05) is 31.3 Å². The molecule has 2 aromatic rings. The molecule has 1 aliphatic heterocycles. The fourth-order valence-corrected chi connectivity index (χ4v) is 3.11. The summed E-state index contributed by atoms with van der Waals surface area (Å²) in [5.41, 5.74) is 1.71. The van der Waals surface area contributed by atoms with E-state index in [-0.39, 0.29) is 11.8 Å². The Bertz CT molecular complexity index is 888. The number of amides is 2. The van der Waals surface area contributed by atoms with E-state index in [9.17, 15) is 22.8 Å². The van der Waals surface area contributed by atoms with Gasteiger partial charge in [-0.25, -0.2) is 0 Å².